The third kappa shape index (κ3) is 4.59. The van der Waals surface area contributed by atoms with E-state index in [1.807, 2.05) is 0 Å². The third-order valence-electron chi connectivity index (χ3n) is 2.18. The van der Waals surface area contributed by atoms with Gasteiger partial charge in [0.25, 0.3) is 0 Å². The average molecular weight is 337 g/mol. The number of carbonyl (C=O) groups excluding carboxylic acids is 2. The molecule has 0 spiro atoms. The summed E-state index contributed by atoms with van der Waals surface area (Å²) < 4.78 is 33.5. The average Bonchev–Trinajstić information content (AvgIpc) is 2.31. The fourth-order valence-electron chi connectivity index (χ4n) is 1.45. The van der Waals surface area contributed by atoms with E-state index in [0.717, 1.165) is 6.07 Å². The Morgan fingerprint density at radius 2 is 2.16 bits per heavy atom. The van der Waals surface area contributed by atoms with Gasteiger partial charge in [0.05, 0.1) is 13.0 Å². The van der Waals surface area contributed by atoms with E-state index in [0.29, 0.717) is 16.3 Å². The summed E-state index contributed by atoms with van der Waals surface area (Å²) in [7, 11) is 0. The fourth-order valence-corrected chi connectivity index (χ4v) is 2.05. The molecule has 0 radical (unpaired) electrons. The molecule has 0 atom stereocenters. The summed E-state index contributed by atoms with van der Waals surface area (Å²) >= 11 is 3.12. The number of ether oxygens (including phenoxy) is 2. The minimum atomic E-state index is -2.98. The van der Waals surface area contributed by atoms with Crippen molar-refractivity contribution in [1.29, 1.82) is 0 Å². The van der Waals surface area contributed by atoms with Crippen LogP contribution in [0.15, 0.2) is 16.6 Å². The van der Waals surface area contributed by atoms with Gasteiger partial charge in [-0.25, -0.2) is 0 Å². The lowest BCUT2D eigenvalue weighted by molar-refractivity contribution is -0.142. The number of hydrogen-bond acceptors (Lipinski definition) is 4. The lowest BCUT2D eigenvalue weighted by Gasteiger charge is -2.11. The van der Waals surface area contributed by atoms with Gasteiger partial charge >= 0.3 is 12.6 Å². The predicted octanol–water partition coefficient (Wildman–Crippen LogP) is 2.97. The van der Waals surface area contributed by atoms with Crippen molar-refractivity contribution in [1.82, 2.24) is 0 Å². The van der Waals surface area contributed by atoms with Crippen molar-refractivity contribution in [2.24, 2.45) is 0 Å². The molecule has 0 amide bonds. The molecule has 0 aromatic heterocycles. The van der Waals surface area contributed by atoms with Gasteiger partial charge in [-0.15, -0.1) is 0 Å². The van der Waals surface area contributed by atoms with Crippen LogP contribution in [0.5, 0.6) is 5.75 Å². The molecule has 1 aromatic rings. The van der Waals surface area contributed by atoms with Crippen LogP contribution in [0.3, 0.4) is 0 Å². The molecular formula is C12H11BrF2O4. The first kappa shape index (κ1) is 15.6. The summed E-state index contributed by atoms with van der Waals surface area (Å²) in [6.07, 6.45) is 0.342. The van der Waals surface area contributed by atoms with Crippen molar-refractivity contribution in [2.75, 3.05) is 6.61 Å². The number of halogens is 3. The molecule has 4 nitrogen and oxygen atoms in total. The van der Waals surface area contributed by atoms with Crippen molar-refractivity contribution in [3.8, 4) is 5.75 Å². The zero-order valence-corrected chi connectivity index (χ0v) is 11.6. The highest BCUT2D eigenvalue weighted by atomic mass is 79.9. The zero-order valence-electron chi connectivity index (χ0n) is 9.99. The Morgan fingerprint density at radius 1 is 1.47 bits per heavy atom. The van der Waals surface area contributed by atoms with E-state index in [1.54, 1.807) is 6.92 Å². The first-order chi connectivity index (χ1) is 8.97. The molecule has 0 bridgehead atoms. The Bertz CT molecular complexity index is 477. The molecular weight excluding hydrogens is 326 g/mol. The van der Waals surface area contributed by atoms with Gasteiger partial charge in [0.1, 0.15) is 5.75 Å². The molecule has 0 fully saturated rings. The third-order valence-corrected chi connectivity index (χ3v) is 2.89. The largest absolute Gasteiger partial charge is 0.466 e. The Hall–Kier alpha value is -1.50. The van der Waals surface area contributed by atoms with Gasteiger partial charge in [-0.2, -0.15) is 8.78 Å². The normalized spacial score (nSPS) is 10.4. The van der Waals surface area contributed by atoms with Gasteiger partial charge in [-0.05, 0) is 24.6 Å². The summed E-state index contributed by atoms with van der Waals surface area (Å²) in [5.74, 6) is -0.662. The number of alkyl halides is 2. The van der Waals surface area contributed by atoms with Gasteiger partial charge in [-0.1, -0.05) is 15.9 Å². The number of carbonyl (C=O) groups is 2. The van der Waals surface area contributed by atoms with E-state index < -0.39 is 12.6 Å². The highest BCUT2D eigenvalue weighted by Crippen LogP contribution is 2.28. The lowest BCUT2D eigenvalue weighted by atomic mass is 10.1. The molecule has 0 heterocycles. The van der Waals surface area contributed by atoms with Crippen LogP contribution < -0.4 is 4.74 Å². The molecule has 7 heteroatoms. The van der Waals surface area contributed by atoms with Gasteiger partial charge in [0.2, 0.25) is 0 Å². The lowest BCUT2D eigenvalue weighted by Crippen LogP contribution is -2.10. The molecule has 0 aliphatic heterocycles. The Labute approximate surface area is 116 Å². The zero-order chi connectivity index (χ0) is 14.4. The van der Waals surface area contributed by atoms with Crippen LogP contribution in [0, 0.1) is 0 Å². The number of rotatable bonds is 6. The fraction of sp³-hybridized carbons (Fsp3) is 0.333. The first-order valence-electron chi connectivity index (χ1n) is 5.36. The second-order valence-electron chi connectivity index (χ2n) is 3.45. The van der Waals surface area contributed by atoms with Gasteiger partial charge in [-0.3, -0.25) is 9.59 Å². The van der Waals surface area contributed by atoms with Crippen molar-refractivity contribution in [3.05, 3.63) is 27.7 Å². The Balaban J connectivity index is 3.04. The van der Waals surface area contributed by atoms with Crippen LogP contribution >= 0.6 is 15.9 Å². The predicted molar refractivity (Wildman–Crippen MR) is 66.5 cm³/mol. The number of hydrogen-bond donors (Lipinski definition) is 0. The maximum Gasteiger partial charge on any atom is 0.387 e. The molecule has 0 unspecified atom stereocenters. The number of benzene rings is 1. The van der Waals surface area contributed by atoms with E-state index in [9.17, 15) is 18.4 Å². The van der Waals surface area contributed by atoms with E-state index in [-0.39, 0.29) is 24.3 Å². The van der Waals surface area contributed by atoms with E-state index >= 15 is 0 Å². The Kier molecular flexibility index (Phi) is 5.88. The molecule has 0 aliphatic carbocycles. The summed E-state index contributed by atoms with van der Waals surface area (Å²) in [5, 5.41) is 0. The topological polar surface area (TPSA) is 52.6 Å². The van der Waals surface area contributed by atoms with Crippen LogP contribution in [0.1, 0.15) is 22.8 Å². The SMILES string of the molecule is CCOC(=O)Cc1c(Br)cc(OC(F)F)cc1C=O. The van der Waals surface area contributed by atoms with Crippen LogP contribution in [-0.2, 0) is 16.0 Å². The number of aldehydes is 1. The molecule has 0 saturated carbocycles. The maximum atomic E-state index is 12.1. The summed E-state index contributed by atoms with van der Waals surface area (Å²) in [6.45, 7) is -1.10. The molecule has 0 aliphatic rings. The summed E-state index contributed by atoms with van der Waals surface area (Å²) in [4.78, 5) is 22.3. The summed E-state index contributed by atoms with van der Waals surface area (Å²) in [5.41, 5.74) is 0.466. The van der Waals surface area contributed by atoms with Crippen molar-refractivity contribution in [2.45, 2.75) is 20.0 Å². The van der Waals surface area contributed by atoms with Crippen LogP contribution in [0.4, 0.5) is 8.78 Å². The van der Waals surface area contributed by atoms with Crippen LogP contribution in [0.2, 0.25) is 0 Å². The number of esters is 1. The second kappa shape index (κ2) is 7.18. The minimum Gasteiger partial charge on any atom is -0.466 e. The van der Waals surface area contributed by atoms with Crippen LogP contribution in [-0.4, -0.2) is 25.5 Å². The molecule has 0 N–H and O–H groups in total. The highest BCUT2D eigenvalue weighted by Gasteiger charge is 2.15. The van der Waals surface area contributed by atoms with Gasteiger partial charge in [0.15, 0.2) is 6.29 Å². The molecule has 0 saturated heterocycles. The molecule has 1 aromatic carbocycles. The Morgan fingerprint density at radius 3 is 2.68 bits per heavy atom. The standard InChI is InChI=1S/C12H11BrF2O4/c1-2-18-11(17)5-9-7(6-16)3-8(4-10(9)13)19-12(14)15/h3-4,6,12H,2,5H2,1H3. The van der Waals surface area contributed by atoms with Gasteiger partial charge < -0.3 is 9.47 Å². The first-order valence-corrected chi connectivity index (χ1v) is 6.15. The molecule has 19 heavy (non-hydrogen) atoms. The van der Waals surface area contributed by atoms with E-state index in [4.69, 9.17) is 4.74 Å². The van der Waals surface area contributed by atoms with Crippen molar-refractivity contribution < 1.29 is 27.8 Å². The minimum absolute atomic E-state index is 0.0954. The maximum absolute atomic E-state index is 12.1. The molecule has 104 valence electrons. The summed E-state index contributed by atoms with van der Waals surface area (Å²) in [6, 6.07) is 2.42. The van der Waals surface area contributed by atoms with Crippen LogP contribution in [0.25, 0.3) is 0 Å². The van der Waals surface area contributed by atoms with E-state index in [1.165, 1.54) is 6.07 Å². The van der Waals surface area contributed by atoms with Crippen molar-refractivity contribution >= 4 is 28.2 Å². The monoisotopic (exact) mass is 336 g/mol. The second-order valence-corrected chi connectivity index (χ2v) is 4.31. The highest BCUT2D eigenvalue weighted by molar-refractivity contribution is 9.10. The smallest absolute Gasteiger partial charge is 0.387 e. The molecule has 1 rings (SSSR count). The van der Waals surface area contributed by atoms with Crippen molar-refractivity contribution in [3.63, 3.8) is 0 Å². The quantitative estimate of drug-likeness (QED) is 0.592. The van der Waals surface area contributed by atoms with Gasteiger partial charge in [0, 0.05) is 10.0 Å². The van der Waals surface area contributed by atoms with E-state index in [2.05, 4.69) is 20.7 Å².